The minimum atomic E-state index is -3.32. The van der Waals surface area contributed by atoms with Crippen molar-refractivity contribution in [3.63, 3.8) is 0 Å². The molecule has 1 radical (unpaired) electrons. The number of benzene rings is 1. The first-order valence-corrected chi connectivity index (χ1v) is 5.18. The molecule has 0 bridgehead atoms. The molecule has 1 heterocycles. The normalized spacial score (nSPS) is 18.9. The first-order valence-electron chi connectivity index (χ1n) is 3.78. The number of anilines is 2. The molecule has 0 atom stereocenters. The van der Waals surface area contributed by atoms with Gasteiger partial charge in [-0.05, 0) is 18.2 Å². The van der Waals surface area contributed by atoms with Gasteiger partial charge in [0, 0.05) is 14.1 Å². The highest BCUT2D eigenvalue weighted by Crippen LogP contribution is 2.37. The Morgan fingerprint density at radius 1 is 1.23 bits per heavy atom. The molecule has 69 valence electrons. The zero-order chi connectivity index (χ0) is 9.64. The average molecular weight is 197 g/mol. The SMILES string of the molecule is CN1c2c[c]ccc2N(C)S1(=O)=O. The Bertz CT molecular complexity index is 406. The molecule has 0 amide bonds. The van der Waals surface area contributed by atoms with E-state index in [1.54, 1.807) is 18.2 Å². The summed E-state index contributed by atoms with van der Waals surface area (Å²) in [5, 5.41) is 0. The van der Waals surface area contributed by atoms with E-state index >= 15 is 0 Å². The van der Waals surface area contributed by atoms with Crippen molar-refractivity contribution in [1.82, 2.24) is 0 Å². The van der Waals surface area contributed by atoms with Crippen LogP contribution in [0, 0.1) is 6.07 Å². The zero-order valence-corrected chi connectivity index (χ0v) is 8.17. The van der Waals surface area contributed by atoms with E-state index < -0.39 is 10.2 Å². The number of nitrogens with zero attached hydrogens (tertiary/aromatic N) is 2. The number of fused-ring (bicyclic) bond motifs is 1. The van der Waals surface area contributed by atoms with Crippen LogP contribution in [0.1, 0.15) is 0 Å². The molecule has 2 rings (SSSR count). The first-order chi connectivity index (χ1) is 6.05. The van der Waals surface area contributed by atoms with Gasteiger partial charge in [-0.3, -0.25) is 8.61 Å². The van der Waals surface area contributed by atoms with Gasteiger partial charge in [-0.2, -0.15) is 8.42 Å². The summed E-state index contributed by atoms with van der Waals surface area (Å²) < 4.78 is 25.7. The van der Waals surface area contributed by atoms with E-state index in [1.165, 1.54) is 22.7 Å². The Labute approximate surface area is 77.6 Å². The lowest BCUT2D eigenvalue weighted by molar-refractivity contribution is 0.595. The van der Waals surface area contributed by atoms with Crippen LogP contribution in [-0.4, -0.2) is 22.5 Å². The molecule has 1 aromatic rings. The fourth-order valence-corrected chi connectivity index (χ4v) is 2.53. The molecule has 0 saturated carbocycles. The monoisotopic (exact) mass is 197 g/mol. The average Bonchev–Trinajstić information content (AvgIpc) is 2.30. The number of rotatable bonds is 0. The fourth-order valence-electron chi connectivity index (χ4n) is 1.36. The van der Waals surface area contributed by atoms with Gasteiger partial charge in [0.25, 0.3) is 0 Å². The summed E-state index contributed by atoms with van der Waals surface area (Å²) in [6.45, 7) is 0. The van der Waals surface area contributed by atoms with Crippen LogP contribution in [0.5, 0.6) is 0 Å². The van der Waals surface area contributed by atoms with E-state index in [4.69, 9.17) is 0 Å². The van der Waals surface area contributed by atoms with Crippen molar-refractivity contribution in [1.29, 1.82) is 0 Å². The highest BCUT2D eigenvalue weighted by molar-refractivity contribution is 7.94. The summed E-state index contributed by atoms with van der Waals surface area (Å²) in [4.78, 5) is 0. The van der Waals surface area contributed by atoms with E-state index in [-0.39, 0.29) is 0 Å². The highest BCUT2D eigenvalue weighted by Gasteiger charge is 2.34. The summed E-state index contributed by atoms with van der Waals surface area (Å²) in [6.07, 6.45) is 0. The van der Waals surface area contributed by atoms with Crippen molar-refractivity contribution in [3.05, 3.63) is 24.3 Å². The molecule has 0 spiro atoms. The Balaban J connectivity index is 2.71. The van der Waals surface area contributed by atoms with Gasteiger partial charge >= 0.3 is 10.2 Å². The van der Waals surface area contributed by atoms with E-state index in [2.05, 4.69) is 6.07 Å². The lowest BCUT2D eigenvalue weighted by Gasteiger charge is -2.13. The van der Waals surface area contributed by atoms with Crippen molar-refractivity contribution >= 4 is 21.6 Å². The summed E-state index contributed by atoms with van der Waals surface area (Å²) in [6, 6.07) is 7.94. The molecule has 0 fully saturated rings. The van der Waals surface area contributed by atoms with Gasteiger partial charge in [0.05, 0.1) is 11.4 Å². The van der Waals surface area contributed by atoms with Crippen LogP contribution in [0.25, 0.3) is 0 Å². The predicted molar refractivity (Wildman–Crippen MR) is 51.0 cm³/mol. The second-order valence-electron chi connectivity index (χ2n) is 2.86. The third-order valence-electron chi connectivity index (χ3n) is 2.19. The van der Waals surface area contributed by atoms with Gasteiger partial charge in [-0.1, -0.05) is 6.07 Å². The van der Waals surface area contributed by atoms with Gasteiger partial charge in [-0.15, -0.1) is 0 Å². The van der Waals surface area contributed by atoms with Crippen LogP contribution in [0.3, 0.4) is 0 Å². The third-order valence-corrected chi connectivity index (χ3v) is 3.97. The molecule has 0 N–H and O–H groups in total. The molecule has 13 heavy (non-hydrogen) atoms. The van der Waals surface area contributed by atoms with Gasteiger partial charge in [0.15, 0.2) is 0 Å². The van der Waals surface area contributed by atoms with Gasteiger partial charge in [0.1, 0.15) is 0 Å². The highest BCUT2D eigenvalue weighted by atomic mass is 32.2. The first kappa shape index (κ1) is 8.37. The van der Waals surface area contributed by atoms with Crippen molar-refractivity contribution < 1.29 is 8.42 Å². The minimum Gasteiger partial charge on any atom is -0.254 e. The van der Waals surface area contributed by atoms with Crippen molar-refractivity contribution in [2.75, 3.05) is 22.7 Å². The molecule has 0 aromatic heterocycles. The lowest BCUT2D eigenvalue weighted by Crippen LogP contribution is -2.32. The molecule has 0 unspecified atom stereocenters. The Hall–Kier alpha value is -1.23. The lowest BCUT2D eigenvalue weighted by atomic mass is 10.3. The largest absolute Gasteiger partial charge is 0.326 e. The van der Waals surface area contributed by atoms with Crippen molar-refractivity contribution in [3.8, 4) is 0 Å². The number of hydrogen-bond donors (Lipinski definition) is 0. The van der Waals surface area contributed by atoms with Crippen molar-refractivity contribution in [2.45, 2.75) is 0 Å². The molecular formula is C8H9N2O2S. The quantitative estimate of drug-likeness (QED) is 0.611. The molecule has 1 aliphatic rings. The fraction of sp³-hybridized carbons (Fsp3) is 0.250. The van der Waals surface area contributed by atoms with Gasteiger partial charge in [0.2, 0.25) is 0 Å². The smallest absolute Gasteiger partial charge is 0.254 e. The molecule has 4 nitrogen and oxygen atoms in total. The summed E-state index contributed by atoms with van der Waals surface area (Å²) in [5.41, 5.74) is 1.37. The second kappa shape index (κ2) is 2.38. The van der Waals surface area contributed by atoms with Crippen LogP contribution in [0.2, 0.25) is 0 Å². The molecule has 1 aromatic carbocycles. The molecule has 5 heteroatoms. The molecule has 0 saturated heterocycles. The molecule has 1 aliphatic heterocycles. The van der Waals surface area contributed by atoms with Crippen LogP contribution >= 0.6 is 0 Å². The maximum absolute atomic E-state index is 11.6. The summed E-state index contributed by atoms with van der Waals surface area (Å²) in [5.74, 6) is 0. The second-order valence-corrected chi connectivity index (χ2v) is 4.85. The van der Waals surface area contributed by atoms with Crippen molar-refractivity contribution in [2.24, 2.45) is 0 Å². The van der Waals surface area contributed by atoms with E-state index in [0.29, 0.717) is 11.4 Å². The van der Waals surface area contributed by atoms with Gasteiger partial charge < -0.3 is 0 Å². The standard InChI is InChI=1S/C8H9N2O2S/c1-9-7-5-3-4-6-8(7)10(2)13(9,11)12/h3,5-6H,1-2H3. The summed E-state index contributed by atoms with van der Waals surface area (Å²) >= 11 is 0. The summed E-state index contributed by atoms with van der Waals surface area (Å²) in [7, 11) is -0.244. The van der Waals surface area contributed by atoms with E-state index in [9.17, 15) is 8.42 Å². The Kier molecular flexibility index (Phi) is 1.53. The van der Waals surface area contributed by atoms with E-state index in [1.807, 2.05) is 0 Å². The van der Waals surface area contributed by atoms with Crippen LogP contribution in [-0.2, 0) is 10.2 Å². The Morgan fingerprint density at radius 3 is 2.46 bits per heavy atom. The van der Waals surface area contributed by atoms with Crippen LogP contribution < -0.4 is 8.61 Å². The predicted octanol–water partition coefficient (Wildman–Crippen LogP) is 0.618. The molecular weight excluding hydrogens is 188 g/mol. The maximum atomic E-state index is 11.6. The molecule has 0 aliphatic carbocycles. The third kappa shape index (κ3) is 0.935. The zero-order valence-electron chi connectivity index (χ0n) is 7.35. The van der Waals surface area contributed by atoms with Crippen LogP contribution in [0.15, 0.2) is 18.2 Å². The van der Waals surface area contributed by atoms with Crippen LogP contribution in [0.4, 0.5) is 11.4 Å². The Morgan fingerprint density at radius 2 is 1.85 bits per heavy atom. The van der Waals surface area contributed by atoms with Gasteiger partial charge in [-0.25, -0.2) is 0 Å². The minimum absolute atomic E-state index is 0.671. The topological polar surface area (TPSA) is 40.6 Å². The number of hydrogen-bond acceptors (Lipinski definition) is 2. The van der Waals surface area contributed by atoms with E-state index in [0.717, 1.165) is 0 Å². The maximum Gasteiger partial charge on any atom is 0.326 e.